The summed E-state index contributed by atoms with van der Waals surface area (Å²) in [6.45, 7) is 6.65. The summed E-state index contributed by atoms with van der Waals surface area (Å²) in [5.74, 6) is -0.961. The van der Waals surface area contributed by atoms with E-state index in [2.05, 4.69) is 5.32 Å². The van der Waals surface area contributed by atoms with Crippen molar-refractivity contribution in [3.8, 4) is 0 Å². The number of hydrogen-bond donors (Lipinski definition) is 1. The van der Waals surface area contributed by atoms with Crippen LogP contribution in [-0.2, 0) is 14.3 Å². The van der Waals surface area contributed by atoms with Crippen LogP contribution >= 0.6 is 0 Å². The molecule has 1 N–H and O–H groups in total. The van der Waals surface area contributed by atoms with Crippen molar-refractivity contribution in [1.82, 2.24) is 15.1 Å². The van der Waals surface area contributed by atoms with Crippen molar-refractivity contribution in [3.63, 3.8) is 0 Å². The predicted octanol–water partition coefficient (Wildman–Crippen LogP) is 1.08. The zero-order valence-corrected chi connectivity index (χ0v) is 15.0. The number of ether oxygens (including phenoxy) is 1. The molecule has 0 aromatic rings. The summed E-state index contributed by atoms with van der Waals surface area (Å²) in [4.78, 5) is 39.7. The Balaban J connectivity index is 2.76. The number of esters is 1. The van der Waals surface area contributed by atoms with Gasteiger partial charge in [-0.3, -0.25) is 4.79 Å². The fourth-order valence-electron chi connectivity index (χ4n) is 2.65. The molecular formula is C16H29N3O4. The van der Waals surface area contributed by atoms with Crippen LogP contribution in [0.4, 0.5) is 4.79 Å². The van der Waals surface area contributed by atoms with E-state index in [1.165, 1.54) is 12.0 Å². The molecular weight excluding hydrogens is 298 g/mol. The van der Waals surface area contributed by atoms with E-state index in [1.807, 2.05) is 20.8 Å². The van der Waals surface area contributed by atoms with Gasteiger partial charge in [-0.05, 0) is 18.3 Å². The van der Waals surface area contributed by atoms with Crippen LogP contribution in [-0.4, -0.2) is 68.0 Å². The predicted molar refractivity (Wildman–Crippen MR) is 86.8 cm³/mol. The molecule has 2 atom stereocenters. The van der Waals surface area contributed by atoms with Gasteiger partial charge in [0.2, 0.25) is 5.91 Å². The van der Waals surface area contributed by atoms with Gasteiger partial charge in [-0.15, -0.1) is 0 Å². The lowest BCUT2D eigenvalue weighted by atomic mass is 9.86. The number of piperidine rings is 1. The molecule has 1 aliphatic heterocycles. The first-order chi connectivity index (χ1) is 10.6. The molecule has 1 fully saturated rings. The Bertz CT molecular complexity index is 457. The minimum absolute atomic E-state index is 0.0946. The Hall–Kier alpha value is -1.79. The Labute approximate surface area is 138 Å². The second kappa shape index (κ2) is 7.66. The summed E-state index contributed by atoms with van der Waals surface area (Å²) in [7, 11) is 4.70. The van der Waals surface area contributed by atoms with Gasteiger partial charge in [0.25, 0.3) is 0 Å². The third-order valence-corrected chi connectivity index (χ3v) is 4.03. The molecule has 0 unspecified atom stereocenters. The number of amides is 3. The first-order valence-corrected chi connectivity index (χ1v) is 7.92. The van der Waals surface area contributed by atoms with Gasteiger partial charge >= 0.3 is 12.0 Å². The molecule has 0 aromatic carbocycles. The minimum atomic E-state index is -0.708. The second-order valence-corrected chi connectivity index (χ2v) is 7.29. The maximum absolute atomic E-state index is 12.5. The van der Waals surface area contributed by atoms with E-state index in [4.69, 9.17) is 4.74 Å². The lowest BCUT2D eigenvalue weighted by Gasteiger charge is -2.35. The Morgan fingerprint density at radius 2 is 1.87 bits per heavy atom. The first-order valence-electron chi connectivity index (χ1n) is 7.92. The molecule has 1 heterocycles. The summed E-state index contributed by atoms with van der Waals surface area (Å²) in [5.41, 5.74) is -0.448. The van der Waals surface area contributed by atoms with Crippen LogP contribution in [0.2, 0.25) is 0 Å². The SMILES string of the molecule is COC(=O)[C@H](NC(=O)[C@H]1CCCN(C(=O)N(C)C)C1)C(C)(C)C. The number of carbonyl (C=O) groups excluding carboxylic acids is 3. The van der Waals surface area contributed by atoms with E-state index in [-0.39, 0.29) is 17.9 Å². The largest absolute Gasteiger partial charge is 0.467 e. The van der Waals surface area contributed by atoms with Gasteiger partial charge in [0.1, 0.15) is 6.04 Å². The quantitative estimate of drug-likeness (QED) is 0.787. The molecule has 1 aliphatic rings. The molecule has 23 heavy (non-hydrogen) atoms. The second-order valence-electron chi connectivity index (χ2n) is 7.29. The molecule has 1 rings (SSSR count). The van der Waals surface area contributed by atoms with Gasteiger partial charge in [0, 0.05) is 27.2 Å². The first kappa shape index (κ1) is 19.3. The lowest BCUT2D eigenvalue weighted by molar-refractivity contribution is -0.149. The standard InChI is InChI=1S/C16H29N3O4/c1-16(2,3)12(14(21)23-6)17-13(20)11-8-7-9-19(10-11)15(22)18(4)5/h11-12H,7-10H2,1-6H3,(H,17,20)/t11-,12-/m0/s1. The lowest BCUT2D eigenvalue weighted by Crippen LogP contribution is -2.54. The highest BCUT2D eigenvalue weighted by Crippen LogP contribution is 2.23. The molecule has 0 spiro atoms. The molecule has 7 nitrogen and oxygen atoms in total. The summed E-state index contributed by atoms with van der Waals surface area (Å²) < 4.78 is 4.79. The van der Waals surface area contributed by atoms with Gasteiger partial charge in [-0.25, -0.2) is 9.59 Å². The van der Waals surface area contributed by atoms with Gasteiger partial charge in [-0.1, -0.05) is 20.8 Å². The van der Waals surface area contributed by atoms with E-state index in [0.717, 1.165) is 6.42 Å². The molecule has 132 valence electrons. The topological polar surface area (TPSA) is 79.0 Å². The molecule has 0 radical (unpaired) electrons. The monoisotopic (exact) mass is 327 g/mol. The van der Waals surface area contributed by atoms with Crippen molar-refractivity contribution in [2.45, 2.75) is 39.7 Å². The maximum atomic E-state index is 12.5. The minimum Gasteiger partial charge on any atom is -0.467 e. The fraction of sp³-hybridized carbons (Fsp3) is 0.812. The van der Waals surface area contributed by atoms with Crippen LogP contribution in [0, 0.1) is 11.3 Å². The number of likely N-dealkylation sites (tertiary alicyclic amines) is 1. The normalized spacial score (nSPS) is 19.7. The molecule has 0 saturated carbocycles. The smallest absolute Gasteiger partial charge is 0.328 e. The highest BCUT2D eigenvalue weighted by atomic mass is 16.5. The van der Waals surface area contributed by atoms with E-state index in [1.54, 1.807) is 19.0 Å². The summed E-state index contributed by atoms with van der Waals surface area (Å²) in [6.07, 6.45) is 1.48. The average Bonchev–Trinajstić information content (AvgIpc) is 2.49. The van der Waals surface area contributed by atoms with Crippen LogP contribution < -0.4 is 5.32 Å². The molecule has 1 saturated heterocycles. The van der Waals surface area contributed by atoms with Crippen molar-refractivity contribution in [2.75, 3.05) is 34.3 Å². The maximum Gasteiger partial charge on any atom is 0.328 e. The number of rotatable bonds is 3. The van der Waals surface area contributed by atoms with Crippen LogP contribution in [0.15, 0.2) is 0 Å². The number of hydrogen-bond acceptors (Lipinski definition) is 4. The number of urea groups is 1. The van der Waals surface area contributed by atoms with E-state index in [0.29, 0.717) is 19.5 Å². The molecule has 0 aromatic heterocycles. The van der Waals surface area contributed by atoms with Crippen LogP contribution in [0.25, 0.3) is 0 Å². The molecule has 0 bridgehead atoms. The molecule has 7 heteroatoms. The van der Waals surface area contributed by atoms with Crippen LogP contribution in [0.1, 0.15) is 33.6 Å². The van der Waals surface area contributed by atoms with Crippen molar-refractivity contribution in [2.24, 2.45) is 11.3 Å². The zero-order valence-electron chi connectivity index (χ0n) is 15.0. The van der Waals surface area contributed by atoms with Crippen LogP contribution in [0.5, 0.6) is 0 Å². The summed E-state index contributed by atoms with van der Waals surface area (Å²) in [5, 5.41) is 2.80. The summed E-state index contributed by atoms with van der Waals surface area (Å²) >= 11 is 0. The fourth-order valence-corrected chi connectivity index (χ4v) is 2.65. The third kappa shape index (κ3) is 5.11. The van der Waals surface area contributed by atoms with Crippen molar-refractivity contribution in [3.05, 3.63) is 0 Å². The van der Waals surface area contributed by atoms with E-state index >= 15 is 0 Å². The number of nitrogens with one attached hydrogen (secondary N) is 1. The zero-order chi connectivity index (χ0) is 17.8. The van der Waals surface area contributed by atoms with E-state index in [9.17, 15) is 14.4 Å². The van der Waals surface area contributed by atoms with Crippen molar-refractivity contribution >= 4 is 17.9 Å². The molecule has 0 aliphatic carbocycles. The number of carbonyl (C=O) groups is 3. The van der Waals surface area contributed by atoms with E-state index < -0.39 is 17.4 Å². The Morgan fingerprint density at radius 1 is 1.26 bits per heavy atom. The Kier molecular flexibility index (Phi) is 6.41. The van der Waals surface area contributed by atoms with Gasteiger partial charge in [0.05, 0.1) is 13.0 Å². The van der Waals surface area contributed by atoms with Crippen molar-refractivity contribution in [1.29, 1.82) is 0 Å². The van der Waals surface area contributed by atoms with Gasteiger partial charge in [-0.2, -0.15) is 0 Å². The van der Waals surface area contributed by atoms with Gasteiger partial charge in [0.15, 0.2) is 0 Å². The highest BCUT2D eigenvalue weighted by molar-refractivity contribution is 5.87. The molecule has 3 amide bonds. The highest BCUT2D eigenvalue weighted by Gasteiger charge is 2.36. The Morgan fingerprint density at radius 3 is 2.35 bits per heavy atom. The average molecular weight is 327 g/mol. The number of nitrogens with zero attached hydrogens (tertiary/aromatic N) is 2. The van der Waals surface area contributed by atoms with Crippen molar-refractivity contribution < 1.29 is 19.1 Å². The van der Waals surface area contributed by atoms with Gasteiger partial charge < -0.3 is 19.9 Å². The van der Waals surface area contributed by atoms with Crippen LogP contribution in [0.3, 0.4) is 0 Å². The number of methoxy groups -OCH3 is 1. The summed E-state index contributed by atoms with van der Waals surface area (Å²) in [6, 6.07) is -0.803. The third-order valence-electron chi connectivity index (χ3n) is 4.03.